The Kier molecular flexibility index (Phi) is 2.66. The number of rotatable bonds is 2. The molecule has 0 bridgehead atoms. The minimum atomic E-state index is -1.08. The molecule has 76 valence electrons. The second-order valence-electron chi connectivity index (χ2n) is 2.67. The molecule has 15 heavy (non-hydrogen) atoms. The molecule has 0 spiro atoms. The van der Waals surface area contributed by atoms with E-state index in [0.717, 1.165) is 0 Å². The van der Waals surface area contributed by atoms with Crippen LogP contribution in [0.5, 0.6) is 0 Å². The Labute approximate surface area is 94.2 Å². The smallest absolute Gasteiger partial charge is 0.354 e. The third-order valence-corrected chi connectivity index (χ3v) is 3.03. The van der Waals surface area contributed by atoms with Gasteiger partial charge in [-0.05, 0) is 17.5 Å². The fourth-order valence-electron chi connectivity index (χ4n) is 1.04. The first-order valence-corrected chi connectivity index (χ1v) is 5.24. The second-order valence-corrected chi connectivity index (χ2v) is 3.99. The van der Waals surface area contributed by atoms with Gasteiger partial charge in [-0.3, -0.25) is 0 Å². The number of aromatic carboxylic acids is 1. The average Bonchev–Trinajstić information content (AvgIpc) is 2.64. The second kappa shape index (κ2) is 3.96. The quantitative estimate of drug-likeness (QED) is 0.876. The summed E-state index contributed by atoms with van der Waals surface area (Å²) in [4.78, 5) is 19.2. The first-order chi connectivity index (χ1) is 7.18. The molecule has 0 aliphatic carbocycles. The number of carboxylic acid groups (broad SMARTS) is 1. The molecule has 2 heterocycles. The van der Waals surface area contributed by atoms with Crippen LogP contribution >= 0.6 is 22.9 Å². The van der Waals surface area contributed by atoms with E-state index in [-0.39, 0.29) is 5.69 Å². The van der Waals surface area contributed by atoms with Gasteiger partial charge in [0, 0.05) is 6.20 Å². The van der Waals surface area contributed by atoms with E-state index >= 15 is 0 Å². The molecule has 6 heteroatoms. The maximum Gasteiger partial charge on any atom is 0.354 e. The zero-order chi connectivity index (χ0) is 10.8. The monoisotopic (exact) mass is 240 g/mol. The number of hydrogen-bond donors (Lipinski definition) is 1. The van der Waals surface area contributed by atoms with Crippen LogP contribution in [0.2, 0.25) is 5.02 Å². The van der Waals surface area contributed by atoms with Gasteiger partial charge >= 0.3 is 5.97 Å². The van der Waals surface area contributed by atoms with E-state index in [1.54, 1.807) is 11.4 Å². The van der Waals surface area contributed by atoms with E-state index in [1.807, 2.05) is 0 Å². The number of aromatic nitrogens is 2. The van der Waals surface area contributed by atoms with Gasteiger partial charge in [0.1, 0.15) is 0 Å². The van der Waals surface area contributed by atoms with Crippen molar-refractivity contribution in [1.29, 1.82) is 0 Å². The maximum absolute atomic E-state index is 10.7. The summed E-state index contributed by atoms with van der Waals surface area (Å²) in [5.41, 5.74) is -0.0375. The van der Waals surface area contributed by atoms with Gasteiger partial charge in [0.2, 0.25) is 0 Å². The molecular weight excluding hydrogens is 236 g/mol. The summed E-state index contributed by atoms with van der Waals surface area (Å²) in [5, 5.41) is 11.1. The lowest BCUT2D eigenvalue weighted by molar-refractivity contribution is 0.0690. The third kappa shape index (κ3) is 1.98. The molecular formula is C9H5ClN2O2S. The van der Waals surface area contributed by atoms with Gasteiger partial charge in [0.15, 0.2) is 11.5 Å². The van der Waals surface area contributed by atoms with Gasteiger partial charge in [-0.2, -0.15) is 0 Å². The molecule has 0 aromatic carbocycles. The molecule has 1 N–H and O–H groups in total. The summed E-state index contributed by atoms with van der Waals surface area (Å²) in [7, 11) is 0. The molecule has 0 aliphatic rings. The number of halogens is 1. The van der Waals surface area contributed by atoms with Crippen molar-refractivity contribution in [1.82, 2.24) is 9.97 Å². The number of carbonyl (C=O) groups is 1. The van der Waals surface area contributed by atoms with E-state index < -0.39 is 5.97 Å². The number of carboxylic acids is 1. The molecule has 2 aromatic rings. The highest BCUT2D eigenvalue weighted by molar-refractivity contribution is 7.14. The summed E-state index contributed by atoms with van der Waals surface area (Å²) in [6.45, 7) is 0. The van der Waals surface area contributed by atoms with Gasteiger partial charge in [-0.25, -0.2) is 14.8 Å². The van der Waals surface area contributed by atoms with Gasteiger partial charge < -0.3 is 5.11 Å². The lowest BCUT2D eigenvalue weighted by atomic mass is 10.4. The van der Waals surface area contributed by atoms with Gasteiger partial charge in [-0.15, -0.1) is 11.3 Å². The van der Waals surface area contributed by atoms with Gasteiger partial charge in [0.05, 0.1) is 9.90 Å². The molecule has 0 unspecified atom stereocenters. The van der Waals surface area contributed by atoms with Crippen molar-refractivity contribution >= 4 is 28.9 Å². The Morgan fingerprint density at radius 3 is 2.87 bits per heavy atom. The summed E-state index contributed by atoms with van der Waals surface area (Å²) >= 11 is 7.26. The summed E-state index contributed by atoms with van der Waals surface area (Å²) < 4.78 is 0. The SMILES string of the molecule is O=C(O)c1ccnc(-c2sccc2Cl)n1. The Bertz CT molecular complexity index is 512. The average molecular weight is 241 g/mol. The predicted molar refractivity (Wildman–Crippen MR) is 57.3 cm³/mol. The highest BCUT2D eigenvalue weighted by Crippen LogP contribution is 2.30. The number of thiophene rings is 1. The molecule has 2 aromatic heterocycles. The highest BCUT2D eigenvalue weighted by atomic mass is 35.5. The first-order valence-electron chi connectivity index (χ1n) is 3.98. The fraction of sp³-hybridized carbons (Fsp3) is 0. The topological polar surface area (TPSA) is 63.1 Å². The number of nitrogens with zero attached hydrogens (tertiary/aromatic N) is 2. The predicted octanol–water partition coefficient (Wildman–Crippen LogP) is 2.56. The molecule has 2 rings (SSSR count). The summed E-state index contributed by atoms with van der Waals surface area (Å²) in [6.07, 6.45) is 1.40. The van der Waals surface area contributed by atoms with Crippen LogP contribution in [0.15, 0.2) is 23.7 Å². The highest BCUT2D eigenvalue weighted by Gasteiger charge is 2.11. The van der Waals surface area contributed by atoms with E-state index in [9.17, 15) is 4.79 Å². The Hall–Kier alpha value is -1.46. The van der Waals surface area contributed by atoms with Crippen molar-refractivity contribution < 1.29 is 9.90 Å². The summed E-state index contributed by atoms with van der Waals surface area (Å²) in [5.74, 6) is -0.735. The van der Waals surface area contributed by atoms with E-state index in [2.05, 4.69) is 9.97 Å². The van der Waals surface area contributed by atoms with Crippen molar-refractivity contribution in [3.8, 4) is 10.7 Å². The molecule has 0 amide bonds. The van der Waals surface area contributed by atoms with E-state index in [4.69, 9.17) is 16.7 Å². The van der Waals surface area contributed by atoms with Crippen molar-refractivity contribution in [3.05, 3.63) is 34.4 Å². The Morgan fingerprint density at radius 1 is 1.47 bits per heavy atom. The maximum atomic E-state index is 10.7. The summed E-state index contributed by atoms with van der Waals surface area (Å²) in [6, 6.07) is 3.06. The van der Waals surface area contributed by atoms with Crippen molar-refractivity contribution in [2.75, 3.05) is 0 Å². The molecule has 0 saturated carbocycles. The van der Waals surface area contributed by atoms with E-state index in [1.165, 1.54) is 23.6 Å². The minimum absolute atomic E-state index is 0.0375. The molecule has 0 fully saturated rings. The van der Waals surface area contributed by atoms with Crippen molar-refractivity contribution in [2.45, 2.75) is 0 Å². The fourth-order valence-corrected chi connectivity index (χ4v) is 2.12. The van der Waals surface area contributed by atoms with Crippen LogP contribution in [0.25, 0.3) is 10.7 Å². The minimum Gasteiger partial charge on any atom is -0.477 e. The number of hydrogen-bond acceptors (Lipinski definition) is 4. The Morgan fingerprint density at radius 2 is 2.27 bits per heavy atom. The molecule has 0 aliphatic heterocycles. The van der Waals surface area contributed by atoms with Crippen LogP contribution in [0, 0.1) is 0 Å². The van der Waals surface area contributed by atoms with Crippen LogP contribution in [0.3, 0.4) is 0 Å². The lowest BCUT2D eigenvalue weighted by Crippen LogP contribution is -2.01. The normalized spacial score (nSPS) is 10.2. The van der Waals surface area contributed by atoms with Crippen LogP contribution in [0.4, 0.5) is 0 Å². The van der Waals surface area contributed by atoms with Gasteiger partial charge in [-0.1, -0.05) is 11.6 Å². The molecule has 4 nitrogen and oxygen atoms in total. The van der Waals surface area contributed by atoms with Crippen molar-refractivity contribution in [2.24, 2.45) is 0 Å². The largest absolute Gasteiger partial charge is 0.477 e. The van der Waals surface area contributed by atoms with Crippen LogP contribution in [0.1, 0.15) is 10.5 Å². The van der Waals surface area contributed by atoms with Crippen LogP contribution < -0.4 is 0 Å². The first kappa shape index (κ1) is 10.1. The zero-order valence-electron chi connectivity index (χ0n) is 7.35. The van der Waals surface area contributed by atoms with E-state index in [0.29, 0.717) is 15.7 Å². The Balaban J connectivity index is 2.50. The standard InChI is InChI=1S/C9H5ClN2O2S/c10-5-2-4-15-7(5)8-11-3-1-6(12-8)9(13)14/h1-4H,(H,13,14). The zero-order valence-corrected chi connectivity index (χ0v) is 8.92. The van der Waals surface area contributed by atoms with Crippen LogP contribution in [-0.4, -0.2) is 21.0 Å². The van der Waals surface area contributed by atoms with Crippen molar-refractivity contribution in [3.63, 3.8) is 0 Å². The lowest BCUT2D eigenvalue weighted by Gasteiger charge is -1.98. The molecule has 0 saturated heterocycles. The molecule has 0 atom stereocenters. The van der Waals surface area contributed by atoms with Crippen LogP contribution in [-0.2, 0) is 0 Å². The molecule has 0 radical (unpaired) electrons. The third-order valence-electron chi connectivity index (χ3n) is 1.69. The van der Waals surface area contributed by atoms with Gasteiger partial charge in [0.25, 0.3) is 0 Å².